The first kappa shape index (κ1) is 12.0. The second-order valence-electron chi connectivity index (χ2n) is 3.12. The molecule has 0 amide bonds. The molecule has 1 aromatic heterocycles. The van der Waals surface area contributed by atoms with Crippen LogP contribution in [-0.2, 0) is 0 Å². The molecular weight excluding hydrogens is 246 g/mol. The minimum absolute atomic E-state index is 0.0886. The Morgan fingerprint density at radius 3 is 2.56 bits per heavy atom. The molecule has 0 bridgehead atoms. The van der Waals surface area contributed by atoms with E-state index in [0.29, 0.717) is 0 Å². The fourth-order valence-corrected chi connectivity index (χ4v) is 1.15. The standard InChI is InChI=1S/C10H8F2N4O2/c1-17-9-14-8(13)15-10(16-9)18-6-4-2-3-5(11)7(6)12/h2-4H,1H3,(H2,13,14,15,16). The van der Waals surface area contributed by atoms with Crippen LogP contribution in [0.25, 0.3) is 0 Å². The van der Waals surface area contributed by atoms with Gasteiger partial charge < -0.3 is 15.2 Å². The number of halogens is 2. The molecule has 2 aromatic rings. The number of hydrogen-bond acceptors (Lipinski definition) is 6. The van der Waals surface area contributed by atoms with Crippen molar-refractivity contribution in [2.45, 2.75) is 0 Å². The van der Waals surface area contributed by atoms with Crippen molar-refractivity contribution >= 4 is 5.95 Å². The molecule has 0 saturated carbocycles. The van der Waals surface area contributed by atoms with Gasteiger partial charge in [0.25, 0.3) is 0 Å². The third-order valence-corrected chi connectivity index (χ3v) is 1.91. The summed E-state index contributed by atoms with van der Waals surface area (Å²) in [4.78, 5) is 10.9. The average molecular weight is 254 g/mol. The second kappa shape index (κ2) is 4.78. The Morgan fingerprint density at radius 2 is 1.83 bits per heavy atom. The van der Waals surface area contributed by atoms with E-state index in [9.17, 15) is 8.78 Å². The summed E-state index contributed by atoms with van der Waals surface area (Å²) in [6, 6.07) is 3.10. The molecule has 6 nitrogen and oxygen atoms in total. The average Bonchev–Trinajstić information content (AvgIpc) is 2.34. The first-order valence-corrected chi connectivity index (χ1v) is 4.77. The number of hydrogen-bond donors (Lipinski definition) is 1. The predicted molar refractivity (Wildman–Crippen MR) is 57.2 cm³/mol. The Kier molecular flexibility index (Phi) is 3.18. The van der Waals surface area contributed by atoms with E-state index in [1.807, 2.05) is 0 Å². The van der Waals surface area contributed by atoms with E-state index in [2.05, 4.69) is 15.0 Å². The van der Waals surface area contributed by atoms with Gasteiger partial charge in [0.1, 0.15) is 0 Å². The highest BCUT2D eigenvalue weighted by Crippen LogP contribution is 2.24. The van der Waals surface area contributed by atoms with Crippen LogP contribution in [0.4, 0.5) is 14.7 Å². The van der Waals surface area contributed by atoms with Crippen LogP contribution in [0.3, 0.4) is 0 Å². The van der Waals surface area contributed by atoms with Gasteiger partial charge in [-0.3, -0.25) is 0 Å². The quantitative estimate of drug-likeness (QED) is 0.894. The molecule has 0 atom stereocenters. The van der Waals surface area contributed by atoms with Crippen LogP contribution in [0.2, 0.25) is 0 Å². The van der Waals surface area contributed by atoms with Crippen molar-refractivity contribution in [3.63, 3.8) is 0 Å². The molecular formula is C10H8F2N4O2. The Balaban J connectivity index is 2.34. The summed E-state index contributed by atoms with van der Waals surface area (Å²) in [6.45, 7) is 0. The third kappa shape index (κ3) is 2.42. The van der Waals surface area contributed by atoms with Gasteiger partial charge in [0, 0.05) is 0 Å². The highest BCUT2D eigenvalue weighted by Gasteiger charge is 2.12. The number of methoxy groups -OCH3 is 1. The smallest absolute Gasteiger partial charge is 0.330 e. The summed E-state index contributed by atoms with van der Waals surface area (Å²) in [5.41, 5.74) is 5.37. The highest BCUT2D eigenvalue weighted by atomic mass is 19.2. The van der Waals surface area contributed by atoms with Crippen molar-refractivity contribution in [2.75, 3.05) is 12.8 Å². The van der Waals surface area contributed by atoms with Crippen LogP contribution in [0.1, 0.15) is 0 Å². The van der Waals surface area contributed by atoms with E-state index >= 15 is 0 Å². The summed E-state index contributed by atoms with van der Waals surface area (Å²) in [6.07, 6.45) is 0. The Morgan fingerprint density at radius 1 is 1.11 bits per heavy atom. The molecule has 0 aliphatic heterocycles. The van der Waals surface area contributed by atoms with Gasteiger partial charge in [-0.25, -0.2) is 4.39 Å². The van der Waals surface area contributed by atoms with Crippen molar-refractivity contribution in [1.29, 1.82) is 0 Å². The first-order chi connectivity index (χ1) is 8.60. The molecule has 8 heteroatoms. The summed E-state index contributed by atoms with van der Waals surface area (Å²) in [5.74, 6) is -2.70. The predicted octanol–water partition coefficient (Wildman–Crippen LogP) is 1.53. The van der Waals surface area contributed by atoms with Crippen LogP contribution in [-0.4, -0.2) is 22.1 Å². The summed E-state index contributed by atoms with van der Waals surface area (Å²) in [5, 5.41) is 0. The zero-order chi connectivity index (χ0) is 13.1. The van der Waals surface area contributed by atoms with Gasteiger partial charge in [-0.05, 0) is 12.1 Å². The number of aromatic nitrogens is 3. The fourth-order valence-electron chi connectivity index (χ4n) is 1.15. The Labute approximate surface area is 100 Å². The van der Waals surface area contributed by atoms with Gasteiger partial charge in [0.15, 0.2) is 11.6 Å². The number of rotatable bonds is 3. The van der Waals surface area contributed by atoms with E-state index < -0.39 is 11.6 Å². The highest BCUT2D eigenvalue weighted by molar-refractivity contribution is 5.29. The minimum atomic E-state index is -1.14. The number of nitrogen functional groups attached to an aromatic ring is 1. The van der Waals surface area contributed by atoms with Gasteiger partial charge >= 0.3 is 12.0 Å². The van der Waals surface area contributed by atoms with Gasteiger partial charge in [0.05, 0.1) is 7.11 Å². The fraction of sp³-hybridized carbons (Fsp3) is 0.100. The molecule has 94 valence electrons. The van der Waals surface area contributed by atoms with E-state index in [-0.39, 0.29) is 23.7 Å². The molecule has 1 aromatic carbocycles. The van der Waals surface area contributed by atoms with Crippen molar-refractivity contribution in [2.24, 2.45) is 0 Å². The molecule has 18 heavy (non-hydrogen) atoms. The third-order valence-electron chi connectivity index (χ3n) is 1.91. The van der Waals surface area contributed by atoms with Crippen LogP contribution in [0.5, 0.6) is 17.8 Å². The Bertz CT molecular complexity index is 580. The van der Waals surface area contributed by atoms with Gasteiger partial charge in [-0.2, -0.15) is 14.4 Å². The molecule has 2 rings (SSSR count). The lowest BCUT2D eigenvalue weighted by Crippen LogP contribution is -2.03. The lowest BCUT2D eigenvalue weighted by atomic mass is 10.3. The number of nitrogens with zero attached hydrogens (tertiary/aromatic N) is 3. The molecule has 0 radical (unpaired) electrons. The molecule has 0 aliphatic rings. The van der Waals surface area contributed by atoms with Gasteiger partial charge in [-0.15, -0.1) is 4.98 Å². The molecule has 0 saturated heterocycles. The normalized spacial score (nSPS) is 10.2. The zero-order valence-corrected chi connectivity index (χ0v) is 9.22. The lowest BCUT2D eigenvalue weighted by Gasteiger charge is -2.06. The lowest BCUT2D eigenvalue weighted by molar-refractivity contribution is 0.351. The minimum Gasteiger partial charge on any atom is -0.467 e. The van der Waals surface area contributed by atoms with Crippen LogP contribution in [0.15, 0.2) is 18.2 Å². The van der Waals surface area contributed by atoms with Crippen LogP contribution in [0, 0.1) is 11.6 Å². The number of ether oxygens (including phenoxy) is 2. The Hall–Kier alpha value is -2.51. The summed E-state index contributed by atoms with van der Waals surface area (Å²) >= 11 is 0. The van der Waals surface area contributed by atoms with Gasteiger partial charge in [0.2, 0.25) is 11.8 Å². The van der Waals surface area contributed by atoms with E-state index in [1.54, 1.807) is 0 Å². The monoisotopic (exact) mass is 254 g/mol. The molecule has 1 heterocycles. The summed E-state index contributed by atoms with van der Waals surface area (Å²) in [7, 11) is 1.32. The topological polar surface area (TPSA) is 83.2 Å². The SMILES string of the molecule is COc1nc(N)nc(Oc2cccc(F)c2F)n1. The largest absolute Gasteiger partial charge is 0.467 e. The zero-order valence-electron chi connectivity index (χ0n) is 9.22. The van der Waals surface area contributed by atoms with Crippen molar-refractivity contribution in [3.05, 3.63) is 29.8 Å². The van der Waals surface area contributed by atoms with Crippen LogP contribution < -0.4 is 15.2 Å². The molecule has 0 fully saturated rings. The number of benzene rings is 1. The van der Waals surface area contributed by atoms with Crippen molar-refractivity contribution in [1.82, 2.24) is 15.0 Å². The first-order valence-electron chi connectivity index (χ1n) is 4.77. The number of nitrogens with two attached hydrogens (primary N) is 1. The summed E-state index contributed by atoms with van der Waals surface area (Å²) < 4.78 is 36.0. The second-order valence-corrected chi connectivity index (χ2v) is 3.12. The van der Waals surface area contributed by atoms with E-state index in [1.165, 1.54) is 19.2 Å². The molecule has 2 N–H and O–H groups in total. The van der Waals surface area contributed by atoms with E-state index in [0.717, 1.165) is 6.07 Å². The number of anilines is 1. The van der Waals surface area contributed by atoms with Crippen molar-refractivity contribution in [3.8, 4) is 17.8 Å². The van der Waals surface area contributed by atoms with Crippen LogP contribution >= 0.6 is 0 Å². The maximum atomic E-state index is 13.3. The molecule has 0 unspecified atom stereocenters. The maximum absolute atomic E-state index is 13.3. The molecule has 0 spiro atoms. The molecule has 0 aliphatic carbocycles. The maximum Gasteiger partial charge on any atom is 0.330 e. The van der Waals surface area contributed by atoms with Crippen molar-refractivity contribution < 1.29 is 18.3 Å². The van der Waals surface area contributed by atoms with E-state index in [4.69, 9.17) is 15.2 Å². The van der Waals surface area contributed by atoms with Gasteiger partial charge in [-0.1, -0.05) is 6.07 Å².